The molecule has 1 atom stereocenters. The minimum Gasteiger partial charge on any atom is -0.466 e. The average Bonchev–Trinajstić information content (AvgIpc) is 2.97. The van der Waals surface area contributed by atoms with E-state index in [0.29, 0.717) is 10.5 Å². The molecule has 1 aliphatic rings. The molecule has 0 saturated heterocycles. The van der Waals surface area contributed by atoms with Gasteiger partial charge in [-0.05, 0) is 29.8 Å². The van der Waals surface area contributed by atoms with Crippen molar-refractivity contribution < 1.29 is 50.1 Å². The third-order valence-electron chi connectivity index (χ3n) is 6.32. The Balaban J connectivity index is 2.03. The van der Waals surface area contributed by atoms with Crippen molar-refractivity contribution in [2.24, 2.45) is 5.73 Å². The van der Waals surface area contributed by atoms with Gasteiger partial charge >= 0.3 is 18.1 Å². The number of hydrogen-bond donors (Lipinski definition) is 1. The van der Waals surface area contributed by atoms with E-state index in [0.717, 1.165) is 32.4 Å². The number of anilines is 1. The number of nitrogens with zero attached hydrogens (tertiary/aromatic N) is 2. The maximum atomic E-state index is 15.6. The second kappa shape index (κ2) is 11.8. The van der Waals surface area contributed by atoms with Gasteiger partial charge in [-0.2, -0.15) is 18.4 Å². The molecule has 0 fully saturated rings. The van der Waals surface area contributed by atoms with Gasteiger partial charge in [0.2, 0.25) is 0 Å². The molecule has 4 rings (SSSR count). The van der Waals surface area contributed by atoms with Crippen molar-refractivity contribution in [3.8, 4) is 17.6 Å². The highest BCUT2D eigenvalue weighted by Gasteiger charge is 2.44. The molecule has 3 aromatic carbocycles. The average molecular weight is 603 g/mol. The summed E-state index contributed by atoms with van der Waals surface area (Å²) in [7, 11) is 1.92. The summed E-state index contributed by atoms with van der Waals surface area (Å²) in [6.07, 6.45) is -5.09. The van der Waals surface area contributed by atoms with Gasteiger partial charge in [-0.15, -0.1) is 0 Å². The fourth-order valence-corrected chi connectivity index (χ4v) is 4.47. The molecule has 8 nitrogen and oxygen atoms in total. The van der Waals surface area contributed by atoms with Gasteiger partial charge in [0, 0.05) is 0 Å². The lowest BCUT2D eigenvalue weighted by molar-refractivity contribution is -0.139. The van der Waals surface area contributed by atoms with Crippen molar-refractivity contribution in [2.75, 3.05) is 19.1 Å². The molecular weight excluding hydrogens is 584 g/mol. The first-order chi connectivity index (χ1) is 20.3. The van der Waals surface area contributed by atoms with E-state index in [9.17, 15) is 36.8 Å². The van der Waals surface area contributed by atoms with Crippen LogP contribution < -0.4 is 15.4 Å². The number of ether oxygens (including phenoxy) is 3. The number of hydrogen-bond acceptors (Lipinski definition) is 8. The number of alkyl halides is 3. The summed E-state index contributed by atoms with van der Waals surface area (Å²) in [5.41, 5.74) is 2.55. The maximum Gasteiger partial charge on any atom is 0.416 e. The van der Waals surface area contributed by atoms with Gasteiger partial charge in [0.15, 0.2) is 29.0 Å². The topological polar surface area (TPSA) is 115 Å². The lowest BCUT2D eigenvalue weighted by Crippen LogP contribution is -2.41. The highest BCUT2D eigenvalue weighted by atomic mass is 19.4. The summed E-state index contributed by atoms with van der Waals surface area (Å²) in [5.74, 6) is -11.2. The van der Waals surface area contributed by atoms with E-state index in [4.69, 9.17) is 19.9 Å². The van der Waals surface area contributed by atoms with E-state index >= 15 is 4.39 Å². The molecule has 1 aliphatic heterocycles. The summed E-state index contributed by atoms with van der Waals surface area (Å²) in [4.78, 5) is 27.0. The van der Waals surface area contributed by atoms with Crippen molar-refractivity contribution in [2.45, 2.75) is 12.1 Å². The number of carbonyl (C=O) groups excluding carboxylic acids is 2. The molecule has 1 heterocycles. The first-order valence-corrected chi connectivity index (χ1v) is 12.0. The molecule has 43 heavy (non-hydrogen) atoms. The van der Waals surface area contributed by atoms with Gasteiger partial charge in [-0.1, -0.05) is 36.4 Å². The minimum absolute atomic E-state index is 0.0279. The number of allylic oxidation sites excluding steroid dienone is 1. The summed E-state index contributed by atoms with van der Waals surface area (Å²) >= 11 is 0. The Morgan fingerprint density at radius 1 is 0.907 bits per heavy atom. The van der Waals surface area contributed by atoms with Gasteiger partial charge in [0.25, 0.3) is 0 Å². The first-order valence-electron chi connectivity index (χ1n) is 12.0. The van der Waals surface area contributed by atoms with Crippen molar-refractivity contribution in [1.82, 2.24) is 0 Å². The second-order valence-corrected chi connectivity index (χ2v) is 8.79. The Morgan fingerprint density at radius 3 is 2.05 bits per heavy atom. The van der Waals surface area contributed by atoms with Crippen LogP contribution in [0.1, 0.15) is 17.0 Å². The normalized spacial score (nSPS) is 15.2. The number of carbonyl (C=O) groups is 2. The highest BCUT2D eigenvalue weighted by Crippen LogP contribution is 2.47. The molecule has 14 heteroatoms. The van der Waals surface area contributed by atoms with Crippen LogP contribution in [0.15, 0.2) is 83.3 Å². The van der Waals surface area contributed by atoms with Crippen LogP contribution >= 0.6 is 0 Å². The Morgan fingerprint density at radius 2 is 1.51 bits per heavy atom. The van der Waals surface area contributed by atoms with E-state index in [1.807, 2.05) is 6.07 Å². The maximum absolute atomic E-state index is 15.6. The molecule has 0 amide bonds. The molecule has 1 unspecified atom stereocenters. The molecule has 0 aliphatic carbocycles. The second-order valence-electron chi connectivity index (χ2n) is 8.79. The molecule has 3 aromatic rings. The van der Waals surface area contributed by atoms with E-state index in [1.165, 1.54) is 12.1 Å². The number of nitrogens with two attached hydrogens (primary N) is 1. The van der Waals surface area contributed by atoms with Crippen LogP contribution in [-0.4, -0.2) is 26.2 Å². The molecule has 222 valence electrons. The smallest absolute Gasteiger partial charge is 0.416 e. The molecule has 0 spiro atoms. The summed E-state index contributed by atoms with van der Waals surface area (Å²) in [6, 6.07) is 12.5. The van der Waals surface area contributed by atoms with Crippen LogP contribution in [0.4, 0.5) is 32.0 Å². The predicted molar refractivity (Wildman–Crippen MR) is 137 cm³/mol. The zero-order chi connectivity index (χ0) is 31.6. The fraction of sp³-hybridized carbons (Fsp3) is 0.138. The number of halogens is 6. The highest BCUT2D eigenvalue weighted by molar-refractivity contribution is 6.06. The zero-order valence-corrected chi connectivity index (χ0v) is 22.1. The standard InChI is InChI=1S/C29H19F6N3O5/c1-41-27(39)22-21(14-7-4-3-5-8-14)16(13-36)26(37)38(24(22)28(40)42-2)23-17(30)9-6-10-20(23)43-25-18(31)11-15(12-19(25)32)29(33,34)35/h3-12,21H,37H2,1-2H3. The summed E-state index contributed by atoms with van der Waals surface area (Å²) < 4.78 is 99.2. The minimum atomic E-state index is -5.09. The third kappa shape index (κ3) is 5.56. The zero-order valence-electron chi connectivity index (χ0n) is 22.1. The number of methoxy groups -OCH3 is 2. The van der Waals surface area contributed by atoms with E-state index < -0.39 is 81.3 Å². The van der Waals surface area contributed by atoms with Crippen molar-refractivity contribution in [3.05, 3.63) is 112 Å². The third-order valence-corrected chi connectivity index (χ3v) is 6.32. The monoisotopic (exact) mass is 603 g/mol. The quantitative estimate of drug-likeness (QED) is 0.277. The summed E-state index contributed by atoms with van der Waals surface area (Å²) in [6.45, 7) is 0. The van der Waals surface area contributed by atoms with Gasteiger partial charge in [0.1, 0.15) is 17.2 Å². The number of para-hydroxylation sites is 1. The van der Waals surface area contributed by atoms with Crippen LogP contribution in [0.2, 0.25) is 0 Å². The van der Waals surface area contributed by atoms with Crippen LogP contribution in [0.3, 0.4) is 0 Å². The van der Waals surface area contributed by atoms with E-state index in [2.05, 4.69) is 0 Å². The van der Waals surface area contributed by atoms with Crippen LogP contribution in [-0.2, 0) is 25.2 Å². The Kier molecular flexibility index (Phi) is 8.38. The van der Waals surface area contributed by atoms with Gasteiger partial charge in [-0.3, -0.25) is 4.90 Å². The molecule has 0 aromatic heterocycles. The van der Waals surface area contributed by atoms with Gasteiger partial charge < -0.3 is 19.9 Å². The Hall–Kier alpha value is -5.45. The first kappa shape index (κ1) is 30.5. The van der Waals surface area contributed by atoms with E-state index in [-0.39, 0.29) is 17.7 Å². The van der Waals surface area contributed by atoms with Crippen LogP contribution in [0, 0.1) is 28.8 Å². The fourth-order valence-electron chi connectivity index (χ4n) is 4.47. The van der Waals surface area contributed by atoms with Crippen molar-refractivity contribution in [1.29, 1.82) is 5.26 Å². The van der Waals surface area contributed by atoms with Crippen molar-refractivity contribution in [3.63, 3.8) is 0 Å². The molecule has 0 saturated carbocycles. The summed E-state index contributed by atoms with van der Waals surface area (Å²) in [5, 5.41) is 10.1. The predicted octanol–water partition coefficient (Wildman–Crippen LogP) is 5.81. The Bertz CT molecular complexity index is 1690. The van der Waals surface area contributed by atoms with Crippen LogP contribution in [0.25, 0.3) is 0 Å². The molecule has 0 radical (unpaired) electrons. The molecule has 0 bridgehead atoms. The Labute approximate surface area is 239 Å². The number of esters is 2. The lowest BCUT2D eigenvalue weighted by atomic mass is 9.81. The lowest BCUT2D eigenvalue weighted by Gasteiger charge is -2.36. The molecule has 2 N–H and O–H groups in total. The van der Waals surface area contributed by atoms with E-state index in [1.54, 1.807) is 18.2 Å². The van der Waals surface area contributed by atoms with Gasteiger partial charge in [-0.25, -0.2) is 22.8 Å². The SMILES string of the molecule is COC(=O)C1=C(C(=O)OC)N(c2c(F)cccc2Oc2c(F)cc(C(F)(F)F)cc2F)C(N)=C(C#N)C1c1ccccc1. The number of nitriles is 1. The number of benzene rings is 3. The largest absolute Gasteiger partial charge is 0.466 e. The number of rotatable bonds is 6. The van der Waals surface area contributed by atoms with Crippen LogP contribution in [0.5, 0.6) is 11.5 Å². The molecular formula is C29H19F6N3O5. The van der Waals surface area contributed by atoms with Crippen molar-refractivity contribution >= 4 is 17.6 Å². The van der Waals surface area contributed by atoms with Gasteiger partial charge in [0.05, 0.1) is 42.9 Å².